The fraction of sp³-hybridized carbons (Fsp3) is 0.778. The van der Waals surface area contributed by atoms with Gasteiger partial charge >= 0.3 is 11.9 Å². The number of rotatable bonds is 10. The van der Waals surface area contributed by atoms with Crippen LogP contribution < -0.4 is 0 Å². The van der Waals surface area contributed by atoms with E-state index in [0.717, 1.165) is 38.5 Å². The third-order valence-corrected chi connectivity index (χ3v) is 4.38. The molecule has 4 heteroatoms. The van der Waals surface area contributed by atoms with Crippen LogP contribution in [0, 0.1) is 11.8 Å². The minimum absolute atomic E-state index is 0.305. The molecule has 1 rings (SSSR count). The van der Waals surface area contributed by atoms with Crippen molar-refractivity contribution in [2.24, 2.45) is 11.8 Å². The molecular weight excluding hydrogens is 280 g/mol. The second-order valence-corrected chi connectivity index (χ2v) is 6.13. The molecule has 126 valence electrons. The molecule has 0 aromatic carbocycles. The molecule has 1 saturated carbocycles. The Morgan fingerprint density at radius 2 is 1.68 bits per heavy atom. The van der Waals surface area contributed by atoms with E-state index in [9.17, 15) is 14.7 Å². The van der Waals surface area contributed by atoms with Crippen LogP contribution in [0.15, 0.2) is 12.2 Å². The number of carbonyl (C=O) groups is 2. The van der Waals surface area contributed by atoms with E-state index in [1.54, 1.807) is 0 Å². The molecule has 0 saturated heterocycles. The molecule has 4 nitrogen and oxygen atoms in total. The van der Waals surface area contributed by atoms with Crippen molar-refractivity contribution < 1.29 is 19.4 Å². The van der Waals surface area contributed by atoms with Crippen LogP contribution in [0.1, 0.15) is 71.1 Å². The Morgan fingerprint density at radius 3 is 2.36 bits per heavy atom. The Hall–Kier alpha value is -1.32. The van der Waals surface area contributed by atoms with Crippen molar-refractivity contribution in [1.29, 1.82) is 0 Å². The van der Waals surface area contributed by atoms with Crippen molar-refractivity contribution >= 4 is 11.9 Å². The van der Waals surface area contributed by atoms with Crippen LogP contribution in [0.3, 0.4) is 0 Å². The molecule has 1 fully saturated rings. The van der Waals surface area contributed by atoms with Crippen molar-refractivity contribution in [3.05, 3.63) is 12.2 Å². The molecule has 1 N–H and O–H groups in total. The van der Waals surface area contributed by atoms with Gasteiger partial charge in [-0.25, -0.2) is 0 Å². The van der Waals surface area contributed by atoms with Crippen LogP contribution >= 0.6 is 0 Å². The number of ether oxygens (including phenoxy) is 1. The minimum atomic E-state index is -0.859. The molecule has 0 aromatic heterocycles. The number of hydrogen-bond donors (Lipinski definition) is 1. The summed E-state index contributed by atoms with van der Waals surface area (Å²) in [6.07, 6.45) is 14.0. The third-order valence-electron chi connectivity index (χ3n) is 4.38. The maximum absolute atomic E-state index is 12.0. The lowest BCUT2D eigenvalue weighted by Crippen LogP contribution is -2.33. The normalized spacial score (nSPS) is 21.9. The molecule has 0 bridgehead atoms. The van der Waals surface area contributed by atoms with Gasteiger partial charge in [-0.05, 0) is 39.0 Å². The molecule has 0 amide bonds. The van der Waals surface area contributed by atoms with Crippen LogP contribution in [0.2, 0.25) is 0 Å². The van der Waals surface area contributed by atoms with E-state index in [1.165, 1.54) is 12.8 Å². The maximum Gasteiger partial charge on any atom is 0.309 e. The molecule has 22 heavy (non-hydrogen) atoms. The first-order valence-corrected chi connectivity index (χ1v) is 8.67. The third kappa shape index (κ3) is 7.10. The average Bonchev–Trinajstić information content (AvgIpc) is 2.53. The highest BCUT2D eigenvalue weighted by Crippen LogP contribution is 2.31. The summed E-state index contributed by atoms with van der Waals surface area (Å²) in [5, 5.41) is 9.18. The van der Waals surface area contributed by atoms with Crippen molar-refractivity contribution in [1.82, 2.24) is 0 Å². The first kappa shape index (κ1) is 18.7. The Bertz CT molecular complexity index is 362. The van der Waals surface area contributed by atoms with E-state index in [4.69, 9.17) is 4.74 Å². The van der Waals surface area contributed by atoms with Gasteiger partial charge in [-0.1, -0.05) is 44.3 Å². The topological polar surface area (TPSA) is 63.6 Å². The van der Waals surface area contributed by atoms with Gasteiger partial charge in [0, 0.05) is 0 Å². The smallest absolute Gasteiger partial charge is 0.309 e. The van der Waals surface area contributed by atoms with Crippen molar-refractivity contribution in [3.8, 4) is 0 Å². The molecule has 2 unspecified atom stereocenters. The van der Waals surface area contributed by atoms with Crippen LogP contribution in [0.4, 0.5) is 0 Å². The molecule has 0 radical (unpaired) electrons. The standard InChI is InChI=1S/C18H30O4/c1-2-3-4-5-6-7-8-11-14-22-18(21)16-13-10-9-12-15(16)17(19)20/h2-3,15-16H,4-14H2,1H3,(H,19,20)/b3-2+. The highest BCUT2D eigenvalue weighted by atomic mass is 16.5. The summed E-state index contributed by atoms with van der Waals surface area (Å²) >= 11 is 0. The van der Waals surface area contributed by atoms with Gasteiger partial charge < -0.3 is 9.84 Å². The monoisotopic (exact) mass is 310 g/mol. The first-order valence-electron chi connectivity index (χ1n) is 8.67. The number of hydrogen-bond acceptors (Lipinski definition) is 3. The molecule has 0 aromatic rings. The number of carboxylic acids is 1. The second kappa shape index (κ2) is 11.3. The van der Waals surface area contributed by atoms with Crippen LogP contribution in [0.5, 0.6) is 0 Å². The Labute approximate surface area is 133 Å². The van der Waals surface area contributed by atoms with Crippen LogP contribution in [-0.2, 0) is 14.3 Å². The zero-order chi connectivity index (χ0) is 16.2. The van der Waals surface area contributed by atoms with Crippen molar-refractivity contribution in [2.75, 3.05) is 6.61 Å². The lowest BCUT2D eigenvalue weighted by atomic mass is 9.79. The number of unbranched alkanes of at least 4 members (excludes halogenated alkanes) is 5. The largest absolute Gasteiger partial charge is 0.481 e. The van der Waals surface area contributed by atoms with Gasteiger partial charge in [0.25, 0.3) is 0 Å². The highest BCUT2D eigenvalue weighted by molar-refractivity contribution is 5.81. The molecule has 0 heterocycles. The molecule has 0 spiro atoms. The number of carbonyl (C=O) groups excluding carboxylic acids is 1. The lowest BCUT2D eigenvalue weighted by Gasteiger charge is -2.26. The molecule has 1 aliphatic carbocycles. The number of esters is 1. The first-order chi connectivity index (χ1) is 10.7. The number of allylic oxidation sites excluding steroid dienone is 2. The van der Waals surface area contributed by atoms with Gasteiger partial charge in [0.15, 0.2) is 0 Å². The summed E-state index contributed by atoms with van der Waals surface area (Å²) in [4.78, 5) is 23.2. The molecule has 1 aliphatic rings. The quantitative estimate of drug-likeness (QED) is 0.370. The zero-order valence-corrected chi connectivity index (χ0v) is 13.8. The SMILES string of the molecule is C/C=C/CCCCCCCOC(=O)C1CCCCC1C(=O)O. The maximum atomic E-state index is 12.0. The van der Waals surface area contributed by atoms with Gasteiger partial charge in [-0.3, -0.25) is 9.59 Å². The van der Waals surface area contributed by atoms with E-state index in [1.807, 2.05) is 6.92 Å². The van der Waals surface area contributed by atoms with E-state index in [2.05, 4.69) is 12.2 Å². The summed E-state index contributed by atoms with van der Waals surface area (Å²) in [5.41, 5.74) is 0. The van der Waals surface area contributed by atoms with Crippen LogP contribution in [-0.4, -0.2) is 23.7 Å². The van der Waals surface area contributed by atoms with Gasteiger partial charge in [-0.2, -0.15) is 0 Å². The summed E-state index contributed by atoms with van der Waals surface area (Å²) in [5.74, 6) is -2.15. The average molecular weight is 310 g/mol. The Kier molecular flexibility index (Phi) is 9.60. The Balaban J connectivity index is 2.11. The van der Waals surface area contributed by atoms with Crippen molar-refractivity contribution in [2.45, 2.75) is 71.1 Å². The fourth-order valence-corrected chi connectivity index (χ4v) is 3.05. The predicted molar refractivity (Wildman–Crippen MR) is 86.6 cm³/mol. The van der Waals surface area contributed by atoms with E-state index >= 15 is 0 Å². The van der Waals surface area contributed by atoms with Crippen molar-refractivity contribution in [3.63, 3.8) is 0 Å². The summed E-state index contributed by atoms with van der Waals surface area (Å²) in [6, 6.07) is 0. The van der Waals surface area contributed by atoms with Gasteiger partial charge in [0.1, 0.15) is 0 Å². The van der Waals surface area contributed by atoms with Gasteiger partial charge in [0.05, 0.1) is 18.4 Å². The second-order valence-electron chi connectivity index (χ2n) is 6.13. The minimum Gasteiger partial charge on any atom is -0.481 e. The summed E-state index contributed by atoms with van der Waals surface area (Å²) < 4.78 is 5.29. The fourth-order valence-electron chi connectivity index (χ4n) is 3.05. The van der Waals surface area contributed by atoms with Gasteiger partial charge in [-0.15, -0.1) is 0 Å². The highest BCUT2D eigenvalue weighted by Gasteiger charge is 2.36. The molecule has 2 atom stereocenters. The van der Waals surface area contributed by atoms with E-state index < -0.39 is 17.8 Å². The zero-order valence-electron chi connectivity index (χ0n) is 13.8. The summed E-state index contributed by atoms with van der Waals surface area (Å²) in [7, 11) is 0. The lowest BCUT2D eigenvalue weighted by molar-refractivity contribution is -0.159. The predicted octanol–water partition coefficient (Wildman–Crippen LogP) is 4.34. The van der Waals surface area contributed by atoms with Crippen LogP contribution in [0.25, 0.3) is 0 Å². The summed E-state index contributed by atoms with van der Waals surface area (Å²) in [6.45, 7) is 2.46. The number of carboxylic acid groups (broad SMARTS) is 1. The molecule has 0 aliphatic heterocycles. The van der Waals surface area contributed by atoms with Gasteiger partial charge in [0.2, 0.25) is 0 Å². The van der Waals surface area contributed by atoms with E-state index in [-0.39, 0.29) is 5.97 Å². The Morgan fingerprint density at radius 1 is 1.05 bits per heavy atom. The number of aliphatic carboxylic acids is 1. The molecular formula is C18H30O4. The van der Waals surface area contributed by atoms with E-state index in [0.29, 0.717) is 19.4 Å².